The van der Waals surface area contributed by atoms with E-state index in [1.165, 1.54) is 12.8 Å². The lowest BCUT2D eigenvalue weighted by Crippen LogP contribution is -2.21. The molecule has 94 valence electrons. The number of rotatable bonds is 4. The predicted octanol–water partition coefficient (Wildman–Crippen LogP) is 2.26. The molecule has 0 amide bonds. The minimum absolute atomic E-state index is 0.267. The van der Waals surface area contributed by atoms with E-state index in [1.54, 1.807) is 6.20 Å². The van der Waals surface area contributed by atoms with Gasteiger partial charge in [0.1, 0.15) is 5.82 Å². The van der Waals surface area contributed by atoms with E-state index < -0.39 is 0 Å². The summed E-state index contributed by atoms with van der Waals surface area (Å²) in [6.07, 6.45) is 5.24. The molecule has 0 spiro atoms. The van der Waals surface area contributed by atoms with E-state index in [-0.39, 0.29) is 11.9 Å². The molecule has 0 aromatic carbocycles. The van der Waals surface area contributed by atoms with E-state index in [1.807, 2.05) is 6.92 Å². The van der Waals surface area contributed by atoms with Crippen molar-refractivity contribution < 1.29 is 5.11 Å². The van der Waals surface area contributed by atoms with Gasteiger partial charge in [0.2, 0.25) is 5.28 Å². The standard InChI is InChI=1S/C12H18ClN3O/c1-8-5-15-12(13)16-11(8)14-6-9-3-2-4-10(9)7-17/h5,9-10,17H,2-4,6-7H2,1H3,(H,14,15,16). The topological polar surface area (TPSA) is 58.0 Å². The number of aliphatic hydroxyl groups excluding tert-OH is 1. The van der Waals surface area contributed by atoms with Gasteiger partial charge in [-0.05, 0) is 43.2 Å². The quantitative estimate of drug-likeness (QED) is 0.811. The van der Waals surface area contributed by atoms with E-state index in [9.17, 15) is 5.11 Å². The predicted molar refractivity (Wildman–Crippen MR) is 68.2 cm³/mol. The van der Waals surface area contributed by atoms with Crippen molar-refractivity contribution >= 4 is 17.4 Å². The summed E-state index contributed by atoms with van der Waals surface area (Å²) in [6, 6.07) is 0. The molecular weight excluding hydrogens is 238 g/mol. The first-order valence-corrected chi connectivity index (χ1v) is 6.42. The molecule has 1 saturated carbocycles. The van der Waals surface area contributed by atoms with Gasteiger partial charge in [-0.1, -0.05) is 6.42 Å². The molecule has 2 rings (SSSR count). The zero-order valence-electron chi connectivity index (χ0n) is 9.99. The zero-order valence-corrected chi connectivity index (χ0v) is 10.7. The summed E-state index contributed by atoms with van der Waals surface area (Å²) >= 11 is 5.77. The van der Waals surface area contributed by atoms with Crippen molar-refractivity contribution in [2.75, 3.05) is 18.5 Å². The van der Waals surface area contributed by atoms with Crippen molar-refractivity contribution in [3.05, 3.63) is 17.0 Å². The van der Waals surface area contributed by atoms with Gasteiger partial charge in [-0.2, -0.15) is 0 Å². The van der Waals surface area contributed by atoms with Gasteiger partial charge >= 0.3 is 0 Å². The van der Waals surface area contributed by atoms with E-state index >= 15 is 0 Å². The van der Waals surface area contributed by atoms with Crippen molar-refractivity contribution in [3.63, 3.8) is 0 Å². The molecule has 1 heterocycles. The lowest BCUT2D eigenvalue weighted by molar-refractivity contribution is 0.199. The number of aromatic nitrogens is 2. The van der Waals surface area contributed by atoms with Crippen LogP contribution in [0, 0.1) is 18.8 Å². The third kappa shape index (κ3) is 3.07. The van der Waals surface area contributed by atoms with E-state index in [4.69, 9.17) is 11.6 Å². The smallest absolute Gasteiger partial charge is 0.224 e. The van der Waals surface area contributed by atoms with Gasteiger partial charge in [0.05, 0.1) is 0 Å². The maximum Gasteiger partial charge on any atom is 0.224 e. The van der Waals surface area contributed by atoms with Gasteiger partial charge in [0.15, 0.2) is 0 Å². The van der Waals surface area contributed by atoms with E-state index in [2.05, 4.69) is 15.3 Å². The van der Waals surface area contributed by atoms with Gasteiger partial charge in [-0.3, -0.25) is 0 Å². The van der Waals surface area contributed by atoms with Crippen molar-refractivity contribution in [1.82, 2.24) is 9.97 Å². The van der Waals surface area contributed by atoms with Gasteiger partial charge < -0.3 is 10.4 Å². The molecule has 1 aromatic rings. The lowest BCUT2D eigenvalue weighted by atomic mass is 9.97. The summed E-state index contributed by atoms with van der Waals surface area (Å²) in [6.45, 7) is 3.09. The summed E-state index contributed by atoms with van der Waals surface area (Å²) in [5.74, 6) is 1.77. The van der Waals surface area contributed by atoms with Crippen molar-refractivity contribution in [2.45, 2.75) is 26.2 Å². The van der Waals surface area contributed by atoms with Crippen LogP contribution in [-0.4, -0.2) is 28.2 Å². The second-order valence-electron chi connectivity index (χ2n) is 4.69. The summed E-state index contributed by atoms with van der Waals surface area (Å²) in [4.78, 5) is 8.09. The first-order chi connectivity index (χ1) is 8.20. The Morgan fingerprint density at radius 1 is 1.47 bits per heavy atom. The van der Waals surface area contributed by atoms with Crippen LogP contribution in [0.15, 0.2) is 6.20 Å². The fourth-order valence-electron chi connectivity index (χ4n) is 2.45. The molecule has 17 heavy (non-hydrogen) atoms. The first kappa shape index (κ1) is 12.6. The normalized spacial score (nSPS) is 23.9. The number of anilines is 1. The van der Waals surface area contributed by atoms with Crippen LogP contribution in [-0.2, 0) is 0 Å². The highest BCUT2D eigenvalue weighted by molar-refractivity contribution is 6.28. The molecule has 0 radical (unpaired) electrons. The highest BCUT2D eigenvalue weighted by atomic mass is 35.5. The van der Waals surface area contributed by atoms with Gasteiger partial charge in [-0.25, -0.2) is 9.97 Å². The molecule has 1 aliphatic carbocycles. The fraction of sp³-hybridized carbons (Fsp3) is 0.667. The summed E-state index contributed by atoms with van der Waals surface area (Å²) in [5, 5.41) is 12.8. The first-order valence-electron chi connectivity index (χ1n) is 6.04. The number of nitrogens with one attached hydrogen (secondary N) is 1. The molecule has 1 fully saturated rings. The summed E-state index contributed by atoms with van der Waals surface area (Å²) < 4.78 is 0. The average molecular weight is 256 g/mol. The van der Waals surface area contributed by atoms with Crippen LogP contribution in [0.5, 0.6) is 0 Å². The number of nitrogens with zero attached hydrogens (tertiary/aromatic N) is 2. The third-order valence-corrected chi connectivity index (χ3v) is 3.71. The lowest BCUT2D eigenvalue weighted by Gasteiger charge is -2.18. The Kier molecular flexibility index (Phi) is 4.18. The van der Waals surface area contributed by atoms with E-state index in [0.29, 0.717) is 11.8 Å². The molecular formula is C12H18ClN3O. The zero-order chi connectivity index (χ0) is 12.3. The molecule has 1 aliphatic rings. The van der Waals surface area contributed by atoms with Crippen LogP contribution in [0.25, 0.3) is 0 Å². The Bertz CT molecular complexity index is 386. The number of aliphatic hydroxyl groups is 1. The minimum Gasteiger partial charge on any atom is -0.396 e. The molecule has 2 unspecified atom stereocenters. The number of aryl methyl sites for hydroxylation is 1. The average Bonchev–Trinajstić information content (AvgIpc) is 2.77. The number of hydrogen-bond donors (Lipinski definition) is 2. The Balaban J connectivity index is 1.95. The van der Waals surface area contributed by atoms with Gasteiger partial charge in [-0.15, -0.1) is 0 Å². The number of halogens is 1. The monoisotopic (exact) mass is 255 g/mol. The molecule has 1 aromatic heterocycles. The molecule has 2 atom stereocenters. The SMILES string of the molecule is Cc1cnc(Cl)nc1NCC1CCCC1CO. The summed E-state index contributed by atoms with van der Waals surface area (Å²) in [5.41, 5.74) is 0.993. The van der Waals surface area contributed by atoms with E-state index in [0.717, 1.165) is 24.3 Å². The molecule has 4 nitrogen and oxygen atoms in total. The molecule has 0 bridgehead atoms. The maximum atomic E-state index is 9.26. The van der Waals surface area contributed by atoms with Crippen LogP contribution in [0.4, 0.5) is 5.82 Å². The Hall–Kier alpha value is -0.870. The van der Waals surface area contributed by atoms with Crippen LogP contribution < -0.4 is 5.32 Å². The molecule has 0 aliphatic heterocycles. The molecule has 0 saturated heterocycles. The number of hydrogen-bond acceptors (Lipinski definition) is 4. The van der Waals surface area contributed by atoms with Crippen LogP contribution in [0.2, 0.25) is 5.28 Å². The van der Waals surface area contributed by atoms with Crippen LogP contribution in [0.3, 0.4) is 0 Å². The van der Waals surface area contributed by atoms with Crippen molar-refractivity contribution in [1.29, 1.82) is 0 Å². The second kappa shape index (κ2) is 5.65. The Morgan fingerprint density at radius 3 is 3.00 bits per heavy atom. The highest BCUT2D eigenvalue weighted by Gasteiger charge is 2.26. The Morgan fingerprint density at radius 2 is 2.24 bits per heavy atom. The molecule has 2 N–H and O–H groups in total. The fourth-order valence-corrected chi connectivity index (χ4v) is 2.58. The van der Waals surface area contributed by atoms with Crippen LogP contribution in [0.1, 0.15) is 24.8 Å². The van der Waals surface area contributed by atoms with Gasteiger partial charge in [0.25, 0.3) is 0 Å². The highest BCUT2D eigenvalue weighted by Crippen LogP contribution is 2.31. The third-order valence-electron chi connectivity index (χ3n) is 3.53. The van der Waals surface area contributed by atoms with Gasteiger partial charge in [0, 0.05) is 24.9 Å². The minimum atomic E-state index is 0.267. The maximum absolute atomic E-state index is 9.26. The molecule has 5 heteroatoms. The van der Waals surface area contributed by atoms with Crippen molar-refractivity contribution in [3.8, 4) is 0 Å². The summed E-state index contributed by atoms with van der Waals surface area (Å²) in [7, 11) is 0. The second-order valence-corrected chi connectivity index (χ2v) is 5.02. The largest absolute Gasteiger partial charge is 0.396 e. The van der Waals surface area contributed by atoms with Crippen LogP contribution >= 0.6 is 11.6 Å². The van der Waals surface area contributed by atoms with Crippen molar-refractivity contribution in [2.24, 2.45) is 11.8 Å². The Labute approximate surface area is 106 Å².